The van der Waals surface area contributed by atoms with Crippen molar-refractivity contribution in [1.29, 1.82) is 0 Å². The Hall–Kier alpha value is -2.73. The van der Waals surface area contributed by atoms with E-state index in [4.69, 9.17) is 4.42 Å². The maximum atomic E-state index is 12.7. The van der Waals surface area contributed by atoms with E-state index < -0.39 is 0 Å². The molecule has 4 aromatic rings. The standard InChI is InChI=1S/C18H15N3O2S/c1-11-5-3-6-13-16(11)19-10-21(18(13)22)9-14-12(2)23-17(20-14)15-7-4-8-24-15/h3-8,10H,9H2,1-2H3. The lowest BCUT2D eigenvalue weighted by Crippen LogP contribution is -2.21. The summed E-state index contributed by atoms with van der Waals surface area (Å²) in [6, 6.07) is 9.56. The highest BCUT2D eigenvalue weighted by Gasteiger charge is 2.14. The van der Waals surface area contributed by atoms with E-state index in [0.717, 1.165) is 27.4 Å². The van der Waals surface area contributed by atoms with Crippen molar-refractivity contribution in [2.45, 2.75) is 20.4 Å². The molecule has 0 saturated carbocycles. The number of rotatable bonds is 3. The monoisotopic (exact) mass is 337 g/mol. The molecule has 0 saturated heterocycles. The zero-order valence-corrected chi connectivity index (χ0v) is 14.1. The summed E-state index contributed by atoms with van der Waals surface area (Å²) in [7, 11) is 0. The number of oxazole rings is 1. The molecule has 0 amide bonds. The second-order valence-corrected chi connectivity index (χ2v) is 6.60. The lowest BCUT2D eigenvalue weighted by atomic mass is 10.1. The first-order valence-corrected chi connectivity index (χ1v) is 8.46. The third-order valence-electron chi connectivity index (χ3n) is 4.00. The summed E-state index contributed by atoms with van der Waals surface area (Å²) in [6.07, 6.45) is 1.58. The smallest absolute Gasteiger partial charge is 0.261 e. The topological polar surface area (TPSA) is 60.9 Å². The van der Waals surface area contributed by atoms with Crippen molar-refractivity contribution in [2.24, 2.45) is 0 Å². The molecule has 0 bridgehead atoms. The Morgan fingerprint density at radius 3 is 2.88 bits per heavy atom. The van der Waals surface area contributed by atoms with Crippen LogP contribution in [0.25, 0.3) is 21.7 Å². The molecular formula is C18H15N3O2S. The molecule has 0 atom stereocenters. The Morgan fingerprint density at radius 1 is 1.21 bits per heavy atom. The summed E-state index contributed by atoms with van der Waals surface area (Å²) in [5.41, 5.74) is 2.42. The summed E-state index contributed by atoms with van der Waals surface area (Å²) in [5, 5.41) is 2.60. The van der Waals surface area contributed by atoms with Crippen molar-refractivity contribution in [3.63, 3.8) is 0 Å². The normalized spacial score (nSPS) is 11.2. The first-order chi connectivity index (χ1) is 11.6. The largest absolute Gasteiger partial charge is 0.440 e. The summed E-state index contributed by atoms with van der Waals surface area (Å²) in [4.78, 5) is 22.6. The van der Waals surface area contributed by atoms with Crippen molar-refractivity contribution in [2.75, 3.05) is 0 Å². The van der Waals surface area contributed by atoms with Crippen molar-refractivity contribution in [3.05, 3.63) is 69.4 Å². The van der Waals surface area contributed by atoms with Crippen LogP contribution in [0.3, 0.4) is 0 Å². The van der Waals surface area contributed by atoms with Gasteiger partial charge in [-0.2, -0.15) is 0 Å². The summed E-state index contributed by atoms with van der Waals surface area (Å²) >= 11 is 1.57. The molecule has 0 N–H and O–H groups in total. The Kier molecular flexibility index (Phi) is 3.54. The third kappa shape index (κ3) is 2.45. The van der Waals surface area contributed by atoms with Gasteiger partial charge in [-0.3, -0.25) is 9.36 Å². The molecule has 3 aromatic heterocycles. The highest BCUT2D eigenvalue weighted by atomic mass is 32.1. The van der Waals surface area contributed by atoms with Crippen LogP contribution < -0.4 is 5.56 Å². The lowest BCUT2D eigenvalue weighted by Gasteiger charge is -2.06. The molecule has 0 aliphatic heterocycles. The molecule has 0 aliphatic carbocycles. The van der Waals surface area contributed by atoms with Crippen LogP contribution in [-0.2, 0) is 6.54 Å². The molecule has 24 heavy (non-hydrogen) atoms. The van der Waals surface area contributed by atoms with Gasteiger partial charge in [0.1, 0.15) is 11.5 Å². The highest BCUT2D eigenvalue weighted by molar-refractivity contribution is 7.13. The van der Waals surface area contributed by atoms with Crippen LogP contribution in [0.4, 0.5) is 0 Å². The van der Waals surface area contributed by atoms with E-state index in [1.807, 2.05) is 43.5 Å². The fourth-order valence-electron chi connectivity index (χ4n) is 2.69. The minimum Gasteiger partial charge on any atom is -0.440 e. The van der Waals surface area contributed by atoms with Crippen LogP contribution in [0.15, 0.2) is 51.3 Å². The van der Waals surface area contributed by atoms with Crippen LogP contribution in [-0.4, -0.2) is 14.5 Å². The van der Waals surface area contributed by atoms with E-state index in [1.54, 1.807) is 28.3 Å². The summed E-state index contributed by atoms with van der Waals surface area (Å²) in [5.74, 6) is 1.31. The van der Waals surface area contributed by atoms with E-state index in [1.165, 1.54) is 0 Å². The summed E-state index contributed by atoms with van der Waals surface area (Å²) in [6.45, 7) is 4.16. The maximum Gasteiger partial charge on any atom is 0.261 e. The number of para-hydroxylation sites is 1. The number of hydrogen-bond donors (Lipinski definition) is 0. The molecule has 0 fully saturated rings. The number of nitrogens with zero attached hydrogens (tertiary/aromatic N) is 3. The zero-order valence-electron chi connectivity index (χ0n) is 13.3. The van der Waals surface area contributed by atoms with E-state index in [9.17, 15) is 4.79 Å². The van der Waals surface area contributed by atoms with Gasteiger partial charge in [-0.25, -0.2) is 9.97 Å². The Balaban J connectivity index is 1.75. The van der Waals surface area contributed by atoms with Gasteiger partial charge < -0.3 is 4.42 Å². The van der Waals surface area contributed by atoms with Crippen LogP contribution in [0, 0.1) is 13.8 Å². The molecule has 6 heteroatoms. The number of aryl methyl sites for hydroxylation is 2. The second-order valence-electron chi connectivity index (χ2n) is 5.65. The SMILES string of the molecule is Cc1oc(-c2cccs2)nc1Cn1cnc2c(C)cccc2c1=O. The van der Waals surface area contributed by atoms with Crippen LogP contribution in [0.1, 0.15) is 17.0 Å². The molecular weight excluding hydrogens is 322 g/mol. The average molecular weight is 337 g/mol. The predicted octanol–water partition coefficient (Wildman–Crippen LogP) is 3.78. The van der Waals surface area contributed by atoms with E-state index in [-0.39, 0.29) is 5.56 Å². The molecule has 0 aliphatic rings. The minimum absolute atomic E-state index is 0.0660. The van der Waals surface area contributed by atoms with Gasteiger partial charge in [0.2, 0.25) is 5.89 Å². The minimum atomic E-state index is -0.0660. The zero-order chi connectivity index (χ0) is 16.7. The van der Waals surface area contributed by atoms with E-state index >= 15 is 0 Å². The van der Waals surface area contributed by atoms with Gasteiger partial charge in [0.25, 0.3) is 5.56 Å². The second kappa shape index (κ2) is 5.72. The van der Waals surface area contributed by atoms with Crippen LogP contribution in [0.5, 0.6) is 0 Å². The van der Waals surface area contributed by atoms with Gasteiger partial charge in [-0.1, -0.05) is 18.2 Å². The first kappa shape index (κ1) is 14.8. The average Bonchev–Trinajstić information content (AvgIpc) is 3.21. The molecule has 0 unspecified atom stereocenters. The van der Waals surface area contributed by atoms with Crippen molar-refractivity contribution >= 4 is 22.2 Å². The van der Waals surface area contributed by atoms with Gasteiger partial charge in [0, 0.05) is 0 Å². The number of thiophene rings is 1. The number of hydrogen-bond acceptors (Lipinski definition) is 5. The maximum absolute atomic E-state index is 12.7. The predicted molar refractivity (Wildman–Crippen MR) is 94.4 cm³/mol. The molecule has 0 radical (unpaired) electrons. The fourth-order valence-corrected chi connectivity index (χ4v) is 3.34. The van der Waals surface area contributed by atoms with Crippen LogP contribution >= 0.6 is 11.3 Å². The highest BCUT2D eigenvalue weighted by Crippen LogP contribution is 2.26. The number of benzene rings is 1. The summed E-state index contributed by atoms with van der Waals surface area (Å²) < 4.78 is 7.32. The fraction of sp³-hybridized carbons (Fsp3) is 0.167. The molecule has 0 spiro atoms. The Morgan fingerprint density at radius 2 is 2.08 bits per heavy atom. The van der Waals surface area contributed by atoms with E-state index in [0.29, 0.717) is 17.8 Å². The van der Waals surface area contributed by atoms with Gasteiger partial charge in [-0.15, -0.1) is 11.3 Å². The first-order valence-electron chi connectivity index (χ1n) is 7.58. The molecule has 4 rings (SSSR count). The van der Waals surface area contributed by atoms with Gasteiger partial charge >= 0.3 is 0 Å². The molecule has 120 valence electrons. The van der Waals surface area contributed by atoms with Crippen molar-refractivity contribution < 1.29 is 4.42 Å². The van der Waals surface area contributed by atoms with Gasteiger partial charge in [0.15, 0.2) is 0 Å². The van der Waals surface area contributed by atoms with Gasteiger partial charge in [-0.05, 0) is 36.9 Å². The van der Waals surface area contributed by atoms with Crippen molar-refractivity contribution in [3.8, 4) is 10.8 Å². The molecule has 1 aromatic carbocycles. The van der Waals surface area contributed by atoms with Crippen molar-refractivity contribution in [1.82, 2.24) is 14.5 Å². The quantitative estimate of drug-likeness (QED) is 0.571. The van der Waals surface area contributed by atoms with Gasteiger partial charge in [0.05, 0.1) is 28.7 Å². The Bertz CT molecular complexity index is 1080. The number of aromatic nitrogens is 3. The molecule has 5 nitrogen and oxygen atoms in total. The van der Waals surface area contributed by atoms with E-state index in [2.05, 4.69) is 9.97 Å². The Labute approximate surface area is 142 Å². The third-order valence-corrected chi connectivity index (χ3v) is 4.86. The van der Waals surface area contributed by atoms with Crippen LogP contribution in [0.2, 0.25) is 0 Å². The number of fused-ring (bicyclic) bond motifs is 1. The molecule has 3 heterocycles. The lowest BCUT2D eigenvalue weighted by molar-refractivity contribution is 0.538.